The van der Waals surface area contributed by atoms with E-state index in [2.05, 4.69) is 25.9 Å². The van der Waals surface area contributed by atoms with E-state index in [1.807, 2.05) is 25.2 Å². The average Bonchev–Trinajstić information content (AvgIpc) is 3.17. The number of amides is 1. The molecule has 0 fully saturated rings. The lowest BCUT2D eigenvalue weighted by Gasteiger charge is -2.14. The van der Waals surface area contributed by atoms with Gasteiger partial charge < -0.3 is 15.2 Å². The van der Waals surface area contributed by atoms with E-state index >= 15 is 0 Å². The van der Waals surface area contributed by atoms with Crippen LogP contribution >= 0.6 is 0 Å². The third-order valence-electron chi connectivity index (χ3n) is 3.52. The Morgan fingerprint density at radius 1 is 1.38 bits per heavy atom. The molecule has 0 saturated heterocycles. The summed E-state index contributed by atoms with van der Waals surface area (Å²) in [5.41, 5.74) is 2.22. The number of carbonyl (C=O) groups excluding carboxylic acids is 1. The fourth-order valence-electron chi connectivity index (χ4n) is 2.41. The Morgan fingerprint density at radius 3 is 2.83 bits per heavy atom. The average molecular weight is 326 g/mol. The van der Waals surface area contributed by atoms with Crippen molar-refractivity contribution in [2.24, 2.45) is 7.05 Å². The number of hydrogen-bond acceptors (Lipinski definition) is 6. The first-order valence-corrected chi connectivity index (χ1v) is 7.44. The van der Waals surface area contributed by atoms with E-state index in [1.54, 1.807) is 37.1 Å². The van der Waals surface area contributed by atoms with Crippen molar-refractivity contribution >= 4 is 11.6 Å². The van der Waals surface area contributed by atoms with Crippen molar-refractivity contribution in [3.05, 3.63) is 48.1 Å². The second-order valence-corrected chi connectivity index (χ2v) is 5.38. The van der Waals surface area contributed by atoms with Crippen LogP contribution < -0.4 is 10.6 Å². The molecule has 0 aliphatic carbocycles. The number of benzene rings is 1. The van der Waals surface area contributed by atoms with Crippen molar-refractivity contribution in [1.82, 2.24) is 25.2 Å². The summed E-state index contributed by atoms with van der Waals surface area (Å²) >= 11 is 0. The van der Waals surface area contributed by atoms with Gasteiger partial charge in [-0.15, -0.1) is 0 Å². The molecule has 1 aromatic carbocycles. The highest BCUT2D eigenvalue weighted by atomic mass is 16.5. The van der Waals surface area contributed by atoms with Crippen LogP contribution in [0.25, 0.3) is 11.4 Å². The molecular weight excluding hydrogens is 308 g/mol. The monoisotopic (exact) mass is 326 g/mol. The highest BCUT2D eigenvalue weighted by Gasteiger charge is 2.20. The van der Waals surface area contributed by atoms with E-state index in [0.29, 0.717) is 17.4 Å². The summed E-state index contributed by atoms with van der Waals surface area (Å²) < 4.78 is 6.65. The smallest absolute Gasteiger partial charge is 0.246 e. The van der Waals surface area contributed by atoms with Crippen LogP contribution in [-0.2, 0) is 11.8 Å². The first-order chi connectivity index (χ1) is 11.6. The van der Waals surface area contributed by atoms with Crippen LogP contribution in [0.5, 0.6) is 0 Å². The van der Waals surface area contributed by atoms with Gasteiger partial charge in [0.15, 0.2) is 0 Å². The molecule has 3 aromatic rings. The van der Waals surface area contributed by atoms with E-state index in [4.69, 9.17) is 4.52 Å². The van der Waals surface area contributed by atoms with Gasteiger partial charge in [-0.3, -0.25) is 9.48 Å². The van der Waals surface area contributed by atoms with Crippen molar-refractivity contribution in [2.75, 3.05) is 12.4 Å². The first-order valence-electron chi connectivity index (χ1n) is 7.44. The quantitative estimate of drug-likeness (QED) is 0.740. The summed E-state index contributed by atoms with van der Waals surface area (Å²) in [7, 11) is 3.54. The first kappa shape index (κ1) is 15.9. The van der Waals surface area contributed by atoms with Gasteiger partial charge in [0.05, 0.1) is 6.20 Å². The molecule has 0 radical (unpaired) electrons. The highest BCUT2D eigenvalue weighted by molar-refractivity contribution is 5.95. The fourth-order valence-corrected chi connectivity index (χ4v) is 2.41. The molecule has 0 spiro atoms. The normalized spacial score (nSPS) is 12.1. The lowest BCUT2D eigenvalue weighted by atomic mass is 10.1. The maximum absolute atomic E-state index is 12.5. The van der Waals surface area contributed by atoms with Gasteiger partial charge in [-0.2, -0.15) is 10.1 Å². The largest absolute Gasteiger partial charge is 0.339 e. The molecule has 0 aliphatic heterocycles. The van der Waals surface area contributed by atoms with Gasteiger partial charge in [0.2, 0.25) is 17.6 Å². The highest BCUT2D eigenvalue weighted by Crippen LogP contribution is 2.21. The molecule has 1 unspecified atom stereocenters. The van der Waals surface area contributed by atoms with Crippen molar-refractivity contribution in [3.63, 3.8) is 0 Å². The van der Waals surface area contributed by atoms with E-state index in [-0.39, 0.29) is 5.91 Å². The summed E-state index contributed by atoms with van der Waals surface area (Å²) in [6.07, 6.45) is 3.47. The van der Waals surface area contributed by atoms with Crippen molar-refractivity contribution in [1.29, 1.82) is 0 Å². The van der Waals surface area contributed by atoms with Crippen LogP contribution in [0.3, 0.4) is 0 Å². The van der Waals surface area contributed by atoms with Gasteiger partial charge in [0.25, 0.3) is 0 Å². The van der Waals surface area contributed by atoms with E-state index in [9.17, 15) is 4.79 Å². The van der Waals surface area contributed by atoms with Crippen LogP contribution in [0.1, 0.15) is 17.5 Å². The topological polar surface area (TPSA) is 97.9 Å². The molecule has 24 heavy (non-hydrogen) atoms. The predicted molar refractivity (Wildman–Crippen MR) is 88.1 cm³/mol. The summed E-state index contributed by atoms with van der Waals surface area (Å²) in [6, 6.07) is 6.81. The molecule has 124 valence electrons. The number of aromatic nitrogens is 4. The van der Waals surface area contributed by atoms with Crippen LogP contribution in [0.15, 0.2) is 41.2 Å². The number of hydrogen-bond donors (Lipinski definition) is 2. The van der Waals surface area contributed by atoms with Gasteiger partial charge in [-0.25, -0.2) is 0 Å². The Bertz CT molecular complexity index is 854. The zero-order valence-corrected chi connectivity index (χ0v) is 13.6. The SMILES string of the molecule is CNC(C(=O)Nc1cccc(-c2noc(C)n2)c1)c1cnn(C)c1. The molecule has 0 saturated carbocycles. The zero-order valence-electron chi connectivity index (χ0n) is 13.6. The van der Waals surface area contributed by atoms with E-state index < -0.39 is 6.04 Å². The minimum absolute atomic E-state index is 0.174. The number of nitrogens with zero attached hydrogens (tertiary/aromatic N) is 4. The second kappa shape index (κ2) is 6.63. The molecule has 8 heteroatoms. The summed E-state index contributed by atoms with van der Waals surface area (Å²) in [5.74, 6) is 0.805. The minimum atomic E-state index is -0.491. The van der Waals surface area contributed by atoms with Crippen molar-refractivity contribution in [3.8, 4) is 11.4 Å². The van der Waals surface area contributed by atoms with Crippen molar-refractivity contribution in [2.45, 2.75) is 13.0 Å². The standard InChI is InChI=1S/C16H18N6O2/c1-10-19-15(21-24-10)11-5-4-6-13(7-11)20-16(23)14(17-2)12-8-18-22(3)9-12/h4-9,14,17H,1-3H3,(H,20,23). The molecule has 2 N–H and O–H groups in total. The summed E-state index contributed by atoms with van der Waals surface area (Å²) in [6.45, 7) is 1.73. The molecule has 2 heterocycles. The van der Waals surface area contributed by atoms with Crippen LogP contribution in [-0.4, -0.2) is 32.9 Å². The number of anilines is 1. The van der Waals surface area contributed by atoms with Crippen LogP contribution in [0.4, 0.5) is 5.69 Å². The van der Waals surface area contributed by atoms with E-state index in [1.165, 1.54) is 0 Å². The summed E-state index contributed by atoms with van der Waals surface area (Å²) in [4.78, 5) is 16.7. The predicted octanol–water partition coefficient (Wildman–Crippen LogP) is 1.68. The Kier molecular flexibility index (Phi) is 4.39. The molecule has 2 aromatic heterocycles. The van der Waals surface area contributed by atoms with E-state index in [0.717, 1.165) is 11.1 Å². The van der Waals surface area contributed by atoms with Gasteiger partial charge in [-0.1, -0.05) is 17.3 Å². The molecule has 1 atom stereocenters. The number of aryl methyl sites for hydroxylation is 2. The Balaban J connectivity index is 1.79. The minimum Gasteiger partial charge on any atom is -0.339 e. The third-order valence-corrected chi connectivity index (χ3v) is 3.52. The molecule has 8 nitrogen and oxygen atoms in total. The van der Waals surface area contributed by atoms with Gasteiger partial charge >= 0.3 is 0 Å². The maximum atomic E-state index is 12.5. The van der Waals surface area contributed by atoms with Gasteiger partial charge in [0.1, 0.15) is 6.04 Å². The lowest BCUT2D eigenvalue weighted by molar-refractivity contribution is -0.118. The molecule has 3 rings (SSSR count). The number of likely N-dealkylation sites (N-methyl/N-ethyl adjacent to an activating group) is 1. The number of carbonyl (C=O) groups is 1. The lowest BCUT2D eigenvalue weighted by Crippen LogP contribution is -2.30. The Morgan fingerprint density at radius 2 is 2.21 bits per heavy atom. The Hall–Kier alpha value is -3.00. The molecule has 1 amide bonds. The van der Waals surface area contributed by atoms with Crippen LogP contribution in [0.2, 0.25) is 0 Å². The van der Waals surface area contributed by atoms with Gasteiger partial charge in [-0.05, 0) is 19.2 Å². The number of nitrogens with one attached hydrogen (secondary N) is 2. The van der Waals surface area contributed by atoms with Gasteiger partial charge in [0, 0.05) is 37.0 Å². The second-order valence-electron chi connectivity index (χ2n) is 5.38. The van der Waals surface area contributed by atoms with Crippen LogP contribution in [0, 0.1) is 6.92 Å². The fraction of sp³-hybridized carbons (Fsp3) is 0.250. The number of rotatable bonds is 5. The Labute approximate surface area is 138 Å². The molecule has 0 bridgehead atoms. The molecule has 0 aliphatic rings. The van der Waals surface area contributed by atoms with Crippen molar-refractivity contribution < 1.29 is 9.32 Å². The maximum Gasteiger partial charge on any atom is 0.246 e. The zero-order chi connectivity index (χ0) is 17.1. The summed E-state index contributed by atoms with van der Waals surface area (Å²) in [5, 5.41) is 13.9. The molecular formula is C16H18N6O2. The third kappa shape index (κ3) is 3.33.